The van der Waals surface area contributed by atoms with E-state index in [-0.39, 0.29) is 6.15 Å². The standard InChI is InChI=1S/C10H12O2.H3N/c1-11-9-4-2-3-5-10(9)12-8-6-7-8;/h2-5,8H,6-7H2,1H3;1H3. The van der Waals surface area contributed by atoms with Crippen LogP contribution in [0.2, 0.25) is 0 Å². The fourth-order valence-corrected chi connectivity index (χ4v) is 1.08. The van der Waals surface area contributed by atoms with Crippen molar-refractivity contribution in [1.29, 1.82) is 0 Å². The van der Waals surface area contributed by atoms with Gasteiger partial charge in [0.05, 0.1) is 13.2 Å². The molecule has 3 heteroatoms. The highest BCUT2D eigenvalue weighted by molar-refractivity contribution is 5.39. The lowest BCUT2D eigenvalue weighted by molar-refractivity contribution is 0.282. The molecular weight excluding hydrogens is 166 g/mol. The number of para-hydroxylation sites is 2. The van der Waals surface area contributed by atoms with Crippen LogP contribution in [0.1, 0.15) is 12.8 Å². The number of hydrogen-bond acceptors (Lipinski definition) is 3. The van der Waals surface area contributed by atoms with Crippen molar-refractivity contribution in [2.75, 3.05) is 7.11 Å². The Bertz CT molecular complexity index is 271. The molecule has 0 bridgehead atoms. The largest absolute Gasteiger partial charge is 0.493 e. The molecule has 3 N–H and O–H groups in total. The van der Waals surface area contributed by atoms with E-state index in [1.165, 1.54) is 12.8 Å². The summed E-state index contributed by atoms with van der Waals surface area (Å²) in [5.41, 5.74) is 0. The first-order chi connectivity index (χ1) is 5.90. The molecule has 1 fully saturated rings. The van der Waals surface area contributed by atoms with Crippen molar-refractivity contribution >= 4 is 0 Å². The minimum absolute atomic E-state index is 0. The van der Waals surface area contributed by atoms with E-state index in [1.54, 1.807) is 7.11 Å². The Morgan fingerprint density at radius 1 is 1.15 bits per heavy atom. The number of rotatable bonds is 3. The van der Waals surface area contributed by atoms with E-state index in [1.807, 2.05) is 24.3 Å². The zero-order chi connectivity index (χ0) is 8.39. The SMILES string of the molecule is COc1ccccc1OC1CC1.N. The smallest absolute Gasteiger partial charge is 0.161 e. The van der Waals surface area contributed by atoms with Crippen molar-refractivity contribution in [1.82, 2.24) is 6.15 Å². The Labute approximate surface area is 78.2 Å². The number of benzene rings is 1. The Kier molecular flexibility index (Phi) is 3.14. The maximum Gasteiger partial charge on any atom is 0.161 e. The molecule has 1 aromatic carbocycles. The van der Waals surface area contributed by atoms with Gasteiger partial charge >= 0.3 is 0 Å². The molecule has 0 aliphatic heterocycles. The fraction of sp³-hybridized carbons (Fsp3) is 0.400. The Morgan fingerprint density at radius 2 is 1.77 bits per heavy atom. The monoisotopic (exact) mass is 181 g/mol. The predicted molar refractivity (Wildman–Crippen MR) is 51.7 cm³/mol. The van der Waals surface area contributed by atoms with Crippen LogP contribution in [0.3, 0.4) is 0 Å². The van der Waals surface area contributed by atoms with Gasteiger partial charge in [0, 0.05) is 0 Å². The van der Waals surface area contributed by atoms with Gasteiger partial charge in [-0.15, -0.1) is 0 Å². The average molecular weight is 181 g/mol. The highest BCUT2D eigenvalue weighted by Gasteiger charge is 2.24. The van der Waals surface area contributed by atoms with E-state index in [4.69, 9.17) is 9.47 Å². The lowest BCUT2D eigenvalue weighted by atomic mass is 10.3. The van der Waals surface area contributed by atoms with Gasteiger partial charge in [0.1, 0.15) is 0 Å². The summed E-state index contributed by atoms with van der Waals surface area (Å²) < 4.78 is 10.8. The van der Waals surface area contributed by atoms with Gasteiger partial charge in [0.15, 0.2) is 11.5 Å². The lowest BCUT2D eigenvalue weighted by Crippen LogP contribution is -1.97. The van der Waals surface area contributed by atoms with Crippen molar-refractivity contribution in [3.8, 4) is 11.5 Å². The highest BCUT2D eigenvalue weighted by atomic mass is 16.5. The van der Waals surface area contributed by atoms with Crippen LogP contribution >= 0.6 is 0 Å². The minimum atomic E-state index is 0. The zero-order valence-corrected chi connectivity index (χ0v) is 7.82. The second kappa shape index (κ2) is 4.14. The van der Waals surface area contributed by atoms with Gasteiger partial charge in [-0.25, -0.2) is 0 Å². The summed E-state index contributed by atoms with van der Waals surface area (Å²) in [6, 6.07) is 7.76. The van der Waals surface area contributed by atoms with Crippen molar-refractivity contribution in [2.45, 2.75) is 18.9 Å². The number of ether oxygens (including phenoxy) is 2. The van der Waals surface area contributed by atoms with Crippen molar-refractivity contribution in [3.05, 3.63) is 24.3 Å². The molecule has 0 saturated heterocycles. The fourth-order valence-electron chi connectivity index (χ4n) is 1.08. The first kappa shape index (κ1) is 9.86. The summed E-state index contributed by atoms with van der Waals surface area (Å²) in [6.07, 6.45) is 2.79. The maximum atomic E-state index is 5.62. The second-order valence-corrected chi connectivity index (χ2v) is 2.97. The first-order valence-electron chi connectivity index (χ1n) is 4.20. The molecule has 0 amide bonds. The second-order valence-electron chi connectivity index (χ2n) is 2.97. The number of hydrogen-bond donors (Lipinski definition) is 1. The molecule has 72 valence electrons. The van der Waals surface area contributed by atoms with Gasteiger partial charge in [-0.3, -0.25) is 0 Å². The van der Waals surface area contributed by atoms with Crippen LogP contribution in [-0.4, -0.2) is 13.2 Å². The van der Waals surface area contributed by atoms with E-state index >= 15 is 0 Å². The van der Waals surface area contributed by atoms with Crippen molar-refractivity contribution < 1.29 is 9.47 Å². The maximum absolute atomic E-state index is 5.62. The summed E-state index contributed by atoms with van der Waals surface area (Å²) in [6.45, 7) is 0. The third kappa shape index (κ3) is 2.36. The molecule has 3 nitrogen and oxygen atoms in total. The van der Waals surface area contributed by atoms with E-state index in [9.17, 15) is 0 Å². The molecule has 1 saturated carbocycles. The predicted octanol–water partition coefficient (Wildman–Crippen LogP) is 2.40. The topological polar surface area (TPSA) is 53.5 Å². The quantitative estimate of drug-likeness (QED) is 0.779. The van der Waals surface area contributed by atoms with Crippen LogP contribution in [0.4, 0.5) is 0 Å². The van der Waals surface area contributed by atoms with Crippen LogP contribution < -0.4 is 15.6 Å². The Balaban J connectivity index is 0.000000845. The third-order valence-corrected chi connectivity index (χ3v) is 1.89. The molecule has 1 aliphatic rings. The van der Waals surface area contributed by atoms with Gasteiger partial charge in [-0.2, -0.15) is 0 Å². The Hall–Kier alpha value is -1.22. The molecule has 0 spiro atoms. The van der Waals surface area contributed by atoms with Gasteiger partial charge < -0.3 is 15.6 Å². The zero-order valence-electron chi connectivity index (χ0n) is 7.82. The number of methoxy groups -OCH3 is 1. The van der Waals surface area contributed by atoms with E-state index in [0.29, 0.717) is 6.10 Å². The van der Waals surface area contributed by atoms with Crippen LogP contribution in [0.15, 0.2) is 24.3 Å². The first-order valence-corrected chi connectivity index (χ1v) is 4.20. The summed E-state index contributed by atoms with van der Waals surface area (Å²) in [5.74, 6) is 1.69. The van der Waals surface area contributed by atoms with Gasteiger partial charge in [0.2, 0.25) is 0 Å². The van der Waals surface area contributed by atoms with Gasteiger partial charge in [0.25, 0.3) is 0 Å². The van der Waals surface area contributed by atoms with E-state index < -0.39 is 0 Å². The molecule has 0 aromatic heterocycles. The molecule has 1 aromatic rings. The highest BCUT2D eigenvalue weighted by Crippen LogP contribution is 2.32. The summed E-state index contributed by atoms with van der Waals surface area (Å²) in [5, 5.41) is 0. The molecule has 0 radical (unpaired) electrons. The summed E-state index contributed by atoms with van der Waals surface area (Å²) in [4.78, 5) is 0. The van der Waals surface area contributed by atoms with Crippen LogP contribution in [-0.2, 0) is 0 Å². The molecule has 2 rings (SSSR count). The normalized spacial score (nSPS) is 14.5. The molecule has 0 heterocycles. The molecule has 0 unspecified atom stereocenters. The molecule has 13 heavy (non-hydrogen) atoms. The van der Waals surface area contributed by atoms with Crippen LogP contribution in [0.25, 0.3) is 0 Å². The van der Waals surface area contributed by atoms with Crippen LogP contribution in [0.5, 0.6) is 11.5 Å². The summed E-state index contributed by atoms with van der Waals surface area (Å²) in [7, 11) is 1.66. The van der Waals surface area contributed by atoms with Gasteiger partial charge in [-0.1, -0.05) is 12.1 Å². The van der Waals surface area contributed by atoms with E-state index in [2.05, 4.69) is 0 Å². The van der Waals surface area contributed by atoms with E-state index in [0.717, 1.165) is 11.5 Å². The average Bonchev–Trinajstić information content (AvgIpc) is 2.89. The van der Waals surface area contributed by atoms with Gasteiger partial charge in [-0.05, 0) is 25.0 Å². The third-order valence-electron chi connectivity index (χ3n) is 1.89. The minimum Gasteiger partial charge on any atom is -0.493 e. The molecular formula is C10H15NO2. The van der Waals surface area contributed by atoms with Crippen molar-refractivity contribution in [2.24, 2.45) is 0 Å². The lowest BCUT2D eigenvalue weighted by Gasteiger charge is -2.08. The molecule has 1 aliphatic carbocycles. The Morgan fingerprint density at radius 3 is 2.31 bits per heavy atom. The van der Waals surface area contributed by atoms with Crippen LogP contribution in [0, 0.1) is 0 Å². The summed E-state index contributed by atoms with van der Waals surface area (Å²) >= 11 is 0. The van der Waals surface area contributed by atoms with Crippen molar-refractivity contribution in [3.63, 3.8) is 0 Å². The molecule has 0 atom stereocenters.